The monoisotopic (exact) mass is 380 g/mol. The zero-order valence-corrected chi connectivity index (χ0v) is 13.8. The fourth-order valence-corrected chi connectivity index (χ4v) is 2.09. The molecule has 0 spiro atoms. The predicted octanol–water partition coefficient (Wildman–Crippen LogP) is 2.74. The Balaban J connectivity index is 1.83. The molecule has 0 bridgehead atoms. The quantitative estimate of drug-likeness (QED) is 0.801. The number of benzene rings is 2. The van der Waals surface area contributed by atoms with Gasteiger partial charge in [-0.1, -0.05) is 28.1 Å². The van der Waals surface area contributed by atoms with Crippen LogP contribution in [-0.2, 0) is 4.79 Å². The number of carbonyl (C=O) groups is 2. The number of nitrogens with one attached hydrogen (secondary N) is 2. The van der Waals surface area contributed by atoms with Gasteiger partial charge in [-0.05, 0) is 42.8 Å². The van der Waals surface area contributed by atoms with Crippen LogP contribution in [0, 0.1) is 12.7 Å². The number of carbonyl (C=O) groups excluding carboxylic acids is 2. The number of amides is 2. The van der Waals surface area contributed by atoms with Crippen LogP contribution >= 0.6 is 15.9 Å². The lowest BCUT2D eigenvalue weighted by molar-refractivity contribution is -0.123. The van der Waals surface area contributed by atoms with Crippen molar-refractivity contribution in [3.63, 3.8) is 0 Å². The Morgan fingerprint density at radius 1 is 1.17 bits per heavy atom. The maximum absolute atomic E-state index is 13.6. The van der Waals surface area contributed by atoms with Crippen molar-refractivity contribution in [1.82, 2.24) is 10.9 Å². The first-order valence-corrected chi connectivity index (χ1v) is 7.48. The molecule has 23 heavy (non-hydrogen) atoms. The molecular weight excluding hydrogens is 367 g/mol. The van der Waals surface area contributed by atoms with Crippen molar-refractivity contribution in [3.8, 4) is 5.75 Å². The van der Waals surface area contributed by atoms with Crippen molar-refractivity contribution in [3.05, 3.63) is 63.9 Å². The van der Waals surface area contributed by atoms with Gasteiger partial charge in [-0.3, -0.25) is 20.4 Å². The fourth-order valence-electron chi connectivity index (χ4n) is 1.76. The van der Waals surface area contributed by atoms with Gasteiger partial charge >= 0.3 is 0 Å². The smallest absolute Gasteiger partial charge is 0.276 e. The molecule has 0 radical (unpaired) electrons. The number of hydrazine groups is 1. The van der Waals surface area contributed by atoms with Gasteiger partial charge in [-0.25, -0.2) is 4.39 Å². The molecule has 0 saturated carbocycles. The average molecular weight is 381 g/mol. The molecule has 2 rings (SSSR count). The topological polar surface area (TPSA) is 67.4 Å². The van der Waals surface area contributed by atoms with E-state index in [0.717, 1.165) is 11.6 Å². The molecule has 2 N–H and O–H groups in total. The fraction of sp³-hybridized carbons (Fsp3) is 0.125. The number of hydrogen-bond acceptors (Lipinski definition) is 3. The molecule has 0 saturated heterocycles. The standard InChI is InChI=1S/C16H14BrFN2O3/c1-10-3-2-4-12(7-10)23-9-15(21)19-20-16(22)13-6-5-11(17)8-14(13)18/h2-8H,9H2,1H3,(H,19,21)(H,20,22). The summed E-state index contributed by atoms with van der Waals surface area (Å²) in [6, 6.07) is 11.2. The third-order valence-corrected chi connectivity index (χ3v) is 3.34. The van der Waals surface area contributed by atoms with E-state index in [1.54, 1.807) is 18.2 Å². The van der Waals surface area contributed by atoms with Crippen molar-refractivity contribution in [2.24, 2.45) is 0 Å². The van der Waals surface area contributed by atoms with E-state index in [4.69, 9.17) is 4.74 Å². The first-order valence-electron chi connectivity index (χ1n) is 6.69. The summed E-state index contributed by atoms with van der Waals surface area (Å²) in [5, 5.41) is 0. The minimum Gasteiger partial charge on any atom is -0.484 e. The van der Waals surface area contributed by atoms with E-state index < -0.39 is 17.6 Å². The van der Waals surface area contributed by atoms with Gasteiger partial charge in [0.05, 0.1) is 5.56 Å². The Morgan fingerprint density at radius 3 is 2.65 bits per heavy atom. The molecule has 0 aromatic heterocycles. The average Bonchev–Trinajstić information content (AvgIpc) is 2.50. The van der Waals surface area contributed by atoms with Crippen LogP contribution in [0.2, 0.25) is 0 Å². The molecule has 0 aliphatic rings. The Kier molecular flexibility index (Phi) is 5.70. The van der Waals surface area contributed by atoms with Crippen LogP contribution in [0.15, 0.2) is 46.9 Å². The molecule has 0 aliphatic heterocycles. The molecule has 7 heteroatoms. The largest absolute Gasteiger partial charge is 0.484 e. The molecular formula is C16H14BrFN2O3. The Morgan fingerprint density at radius 2 is 1.96 bits per heavy atom. The van der Waals surface area contributed by atoms with Crippen LogP contribution in [0.25, 0.3) is 0 Å². The lowest BCUT2D eigenvalue weighted by Gasteiger charge is -2.09. The van der Waals surface area contributed by atoms with Gasteiger partial charge in [-0.15, -0.1) is 0 Å². The van der Waals surface area contributed by atoms with E-state index >= 15 is 0 Å². The molecule has 2 aromatic rings. The second-order valence-corrected chi connectivity index (χ2v) is 5.65. The zero-order chi connectivity index (χ0) is 16.8. The van der Waals surface area contributed by atoms with Crippen LogP contribution in [-0.4, -0.2) is 18.4 Å². The molecule has 2 amide bonds. The lowest BCUT2D eigenvalue weighted by Crippen LogP contribution is -2.44. The summed E-state index contributed by atoms with van der Waals surface area (Å²) in [4.78, 5) is 23.4. The Hall–Kier alpha value is -2.41. The minimum absolute atomic E-state index is 0.173. The number of aryl methyl sites for hydroxylation is 1. The summed E-state index contributed by atoms with van der Waals surface area (Å²) >= 11 is 3.10. The summed E-state index contributed by atoms with van der Waals surface area (Å²) in [5.41, 5.74) is 5.13. The highest BCUT2D eigenvalue weighted by Crippen LogP contribution is 2.15. The van der Waals surface area contributed by atoms with Crippen LogP contribution < -0.4 is 15.6 Å². The van der Waals surface area contributed by atoms with Crippen LogP contribution in [0.3, 0.4) is 0 Å². The molecule has 5 nitrogen and oxygen atoms in total. The van der Waals surface area contributed by atoms with Gasteiger partial charge in [0.1, 0.15) is 11.6 Å². The van der Waals surface area contributed by atoms with Crippen LogP contribution in [0.4, 0.5) is 4.39 Å². The van der Waals surface area contributed by atoms with Crippen LogP contribution in [0.5, 0.6) is 5.75 Å². The highest BCUT2D eigenvalue weighted by molar-refractivity contribution is 9.10. The summed E-state index contributed by atoms with van der Waals surface area (Å²) in [6.07, 6.45) is 0. The summed E-state index contributed by atoms with van der Waals surface area (Å²) in [5.74, 6) is -1.45. The summed E-state index contributed by atoms with van der Waals surface area (Å²) in [6.45, 7) is 1.63. The first-order chi connectivity index (χ1) is 11.0. The third-order valence-electron chi connectivity index (χ3n) is 2.85. The van der Waals surface area contributed by atoms with E-state index in [9.17, 15) is 14.0 Å². The second kappa shape index (κ2) is 7.73. The lowest BCUT2D eigenvalue weighted by atomic mass is 10.2. The van der Waals surface area contributed by atoms with Gasteiger partial charge < -0.3 is 4.74 Å². The van der Waals surface area contributed by atoms with Crippen molar-refractivity contribution < 1.29 is 18.7 Å². The number of halogens is 2. The van der Waals surface area contributed by atoms with Gasteiger partial charge in [0, 0.05) is 4.47 Å². The third kappa shape index (κ3) is 5.07. The highest BCUT2D eigenvalue weighted by Gasteiger charge is 2.12. The van der Waals surface area contributed by atoms with Crippen molar-refractivity contribution in [1.29, 1.82) is 0 Å². The predicted molar refractivity (Wildman–Crippen MR) is 86.4 cm³/mol. The van der Waals surface area contributed by atoms with Gasteiger partial charge in [-0.2, -0.15) is 0 Å². The Labute approximate surface area is 140 Å². The van der Waals surface area contributed by atoms with E-state index in [1.807, 2.05) is 13.0 Å². The zero-order valence-electron chi connectivity index (χ0n) is 12.2. The number of rotatable bonds is 4. The van der Waals surface area contributed by atoms with Crippen molar-refractivity contribution in [2.45, 2.75) is 6.92 Å². The molecule has 0 atom stereocenters. The molecule has 0 fully saturated rings. The molecule has 0 heterocycles. The van der Waals surface area contributed by atoms with Gasteiger partial charge in [0.2, 0.25) is 0 Å². The molecule has 0 aliphatic carbocycles. The van der Waals surface area contributed by atoms with E-state index in [1.165, 1.54) is 12.1 Å². The SMILES string of the molecule is Cc1cccc(OCC(=O)NNC(=O)c2ccc(Br)cc2F)c1. The van der Waals surface area contributed by atoms with E-state index in [2.05, 4.69) is 26.8 Å². The number of ether oxygens (including phenoxy) is 1. The van der Waals surface area contributed by atoms with E-state index in [0.29, 0.717) is 10.2 Å². The normalized spacial score (nSPS) is 10.0. The van der Waals surface area contributed by atoms with E-state index in [-0.39, 0.29) is 12.2 Å². The second-order valence-electron chi connectivity index (χ2n) is 4.73. The maximum atomic E-state index is 13.6. The maximum Gasteiger partial charge on any atom is 0.276 e. The summed E-state index contributed by atoms with van der Waals surface area (Å²) < 4.78 is 19.4. The van der Waals surface area contributed by atoms with Crippen LogP contribution in [0.1, 0.15) is 15.9 Å². The summed E-state index contributed by atoms with van der Waals surface area (Å²) in [7, 11) is 0. The number of hydrogen-bond donors (Lipinski definition) is 2. The van der Waals surface area contributed by atoms with Crippen molar-refractivity contribution in [2.75, 3.05) is 6.61 Å². The van der Waals surface area contributed by atoms with Gasteiger partial charge in [0.15, 0.2) is 6.61 Å². The Bertz CT molecular complexity index is 737. The molecule has 120 valence electrons. The first kappa shape index (κ1) is 17.0. The van der Waals surface area contributed by atoms with Gasteiger partial charge in [0.25, 0.3) is 11.8 Å². The minimum atomic E-state index is -0.751. The highest BCUT2D eigenvalue weighted by atomic mass is 79.9. The molecule has 2 aromatic carbocycles. The molecule has 0 unspecified atom stereocenters. The van der Waals surface area contributed by atoms with Crippen molar-refractivity contribution >= 4 is 27.7 Å².